The molecule has 25 heavy (non-hydrogen) atoms. The zero-order valence-electron chi connectivity index (χ0n) is 16.1. The molecule has 0 spiro atoms. The summed E-state index contributed by atoms with van der Waals surface area (Å²) in [5, 5.41) is 6.73. The molecule has 0 aromatic rings. The van der Waals surface area contributed by atoms with Gasteiger partial charge < -0.3 is 10.6 Å². The van der Waals surface area contributed by atoms with E-state index in [4.69, 9.17) is 0 Å². The van der Waals surface area contributed by atoms with E-state index in [1.165, 1.54) is 11.3 Å². The first-order chi connectivity index (χ1) is 11.7. The first kappa shape index (κ1) is 22.1. The van der Waals surface area contributed by atoms with Gasteiger partial charge in [0.25, 0.3) is 0 Å². The van der Waals surface area contributed by atoms with Crippen LogP contribution in [0.3, 0.4) is 0 Å². The second-order valence-corrected chi connectivity index (χ2v) is 7.64. The van der Waals surface area contributed by atoms with Crippen LogP contribution in [0, 0.1) is 11.8 Å². The molecule has 1 unspecified atom stereocenters. The molecule has 1 rings (SSSR count). The second kappa shape index (κ2) is 10.9. The minimum atomic E-state index is -4.08. The summed E-state index contributed by atoms with van der Waals surface area (Å²) < 4.78 is 37.2. The van der Waals surface area contributed by atoms with Crippen LogP contribution in [0.4, 0.5) is 13.2 Å². The summed E-state index contributed by atoms with van der Waals surface area (Å²) in [5.74, 6) is 2.00. The van der Waals surface area contributed by atoms with E-state index >= 15 is 0 Å². The Kier molecular flexibility index (Phi) is 9.61. The monoisotopic (exact) mass is 364 g/mol. The molecule has 0 saturated carbocycles. The fraction of sp³-hybridized carbons (Fsp3) is 0.944. The van der Waals surface area contributed by atoms with Crippen LogP contribution in [0.5, 0.6) is 0 Å². The Hall–Kier alpha value is -0.980. The number of alkyl halides is 3. The van der Waals surface area contributed by atoms with E-state index in [1.807, 2.05) is 0 Å². The maximum absolute atomic E-state index is 12.4. The Labute approximate surface area is 150 Å². The zero-order valence-corrected chi connectivity index (χ0v) is 16.1. The third-order valence-corrected chi connectivity index (χ3v) is 4.74. The first-order valence-corrected chi connectivity index (χ1v) is 9.46. The average molecular weight is 365 g/mol. The van der Waals surface area contributed by atoms with Crippen LogP contribution in [0.1, 0.15) is 52.9 Å². The van der Waals surface area contributed by atoms with E-state index < -0.39 is 12.7 Å². The van der Waals surface area contributed by atoms with Gasteiger partial charge in [-0.05, 0) is 64.0 Å². The van der Waals surface area contributed by atoms with E-state index in [0.717, 1.165) is 38.2 Å². The third kappa shape index (κ3) is 10.6. The van der Waals surface area contributed by atoms with Gasteiger partial charge in [0.2, 0.25) is 0 Å². The van der Waals surface area contributed by atoms with Crippen LogP contribution >= 0.6 is 0 Å². The van der Waals surface area contributed by atoms with Crippen molar-refractivity contribution >= 4 is 5.96 Å². The van der Waals surface area contributed by atoms with E-state index in [9.17, 15) is 13.2 Å². The smallest absolute Gasteiger partial charge is 0.356 e. The van der Waals surface area contributed by atoms with Gasteiger partial charge >= 0.3 is 6.18 Å². The Bertz CT molecular complexity index is 388. The number of halogens is 3. The van der Waals surface area contributed by atoms with E-state index in [0.29, 0.717) is 31.0 Å². The van der Waals surface area contributed by atoms with Crippen LogP contribution in [-0.2, 0) is 0 Å². The summed E-state index contributed by atoms with van der Waals surface area (Å²) in [7, 11) is 1.76. The number of rotatable bonds is 8. The molecule has 1 aliphatic heterocycles. The van der Waals surface area contributed by atoms with Crippen molar-refractivity contribution in [2.45, 2.75) is 65.1 Å². The van der Waals surface area contributed by atoms with Crippen molar-refractivity contribution in [2.75, 3.05) is 33.2 Å². The molecule has 2 N–H and O–H groups in total. The van der Waals surface area contributed by atoms with Gasteiger partial charge in [0.15, 0.2) is 5.96 Å². The van der Waals surface area contributed by atoms with E-state index in [1.54, 1.807) is 7.05 Å². The lowest BCUT2D eigenvalue weighted by Gasteiger charge is -2.32. The number of nitrogens with zero attached hydrogens (tertiary/aromatic N) is 2. The van der Waals surface area contributed by atoms with Gasteiger partial charge in [0.05, 0.1) is 6.54 Å². The number of hydrogen-bond donors (Lipinski definition) is 2. The molecule has 0 aliphatic carbocycles. The fourth-order valence-electron chi connectivity index (χ4n) is 3.17. The van der Waals surface area contributed by atoms with Crippen LogP contribution < -0.4 is 10.6 Å². The lowest BCUT2D eigenvalue weighted by Crippen LogP contribution is -2.43. The minimum absolute atomic E-state index is 0.374. The van der Waals surface area contributed by atoms with Crippen molar-refractivity contribution in [1.29, 1.82) is 0 Å². The lowest BCUT2D eigenvalue weighted by molar-refractivity contribution is -0.148. The molecule has 0 aromatic carbocycles. The summed E-state index contributed by atoms with van der Waals surface area (Å²) in [4.78, 5) is 5.77. The van der Waals surface area contributed by atoms with Gasteiger partial charge in [-0.15, -0.1) is 0 Å². The minimum Gasteiger partial charge on any atom is -0.356 e. The Morgan fingerprint density at radius 1 is 1.16 bits per heavy atom. The average Bonchev–Trinajstić information content (AvgIpc) is 2.52. The Balaban J connectivity index is 2.19. The quantitative estimate of drug-likeness (QED) is 0.510. The topological polar surface area (TPSA) is 39.7 Å². The fourth-order valence-corrected chi connectivity index (χ4v) is 3.17. The largest absolute Gasteiger partial charge is 0.401 e. The van der Waals surface area contributed by atoms with Gasteiger partial charge in [-0.2, -0.15) is 13.2 Å². The standard InChI is InChI=1S/C18H35F3N4/c1-14(2)5-6-15(3)24-17(22-4)23-10-7-16-8-11-25(12-9-16)13-18(19,20)21/h14-16H,5-13H2,1-4H3,(H2,22,23,24). The molecular weight excluding hydrogens is 329 g/mol. The zero-order chi connectivity index (χ0) is 18.9. The molecule has 1 heterocycles. The van der Waals surface area contributed by atoms with Gasteiger partial charge in [0, 0.05) is 19.6 Å². The number of guanidine groups is 1. The number of aliphatic imine (C=N–C) groups is 1. The Morgan fingerprint density at radius 2 is 1.80 bits per heavy atom. The van der Waals surface area contributed by atoms with Gasteiger partial charge in [-0.3, -0.25) is 9.89 Å². The maximum Gasteiger partial charge on any atom is 0.401 e. The second-order valence-electron chi connectivity index (χ2n) is 7.64. The summed E-state index contributed by atoms with van der Waals surface area (Å²) in [6.45, 7) is 7.72. The molecular formula is C18H35F3N4. The molecule has 1 aliphatic rings. The number of nitrogens with one attached hydrogen (secondary N) is 2. The van der Waals surface area contributed by atoms with Crippen LogP contribution in [0.2, 0.25) is 0 Å². The van der Waals surface area contributed by atoms with Crippen molar-refractivity contribution < 1.29 is 13.2 Å². The molecule has 0 bridgehead atoms. The molecule has 0 amide bonds. The van der Waals surface area contributed by atoms with E-state index in [2.05, 4.69) is 36.4 Å². The van der Waals surface area contributed by atoms with Gasteiger partial charge in [0.1, 0.15) is 0 Å². The van der Waals surface area contributed by atoms with Crippen molar-refractivity contribution in [3.05, 3.63) is 0 Å². The molecule has 0 radical (unpaired) electrons. The molecule has 1 saturated heterocycles. The van der Waals surface area contributed by atoms with Crippen molar-refractivity contribution in [2.24, 2.45) is 16.8 Å². The summed E-state index contributed by atoms with van der Waals surface area (Å²) in [6.07, 6.45) is 0.862. The molecule has 0 aromatic heterocycles. The summed E-state index contributed by atoms with van der Waals surface area (Å²) in [6, 6.07) is 0.374. The van der Waals surface area contributed by atoms with Crippen molar-refractivity contribution in [3.63, 3.8) is 0 Å². The first-order valence-electron chi connectivity index (χ1n) is 9.46. The third-order valence-electron chi connectivity index (χ3n) is 4.74. The van der Waals surface area contributed by atoms with Gasteiger partial charge in [-0.1, -0.05) is 13.8 Å². The highest BCUT2D eigenvalue weighted by Crippen LogP contribution is 2.23. The maximum atomic E-state index is 12.4. The van der Waals surface area contributed by atoms with Gasteiger partial charge in [-0.25, -0.2) is 0 Å². The molecule has 1 atom stereocenters. The highest BCUT2D eigenvalue weighted by Gasteiger charge is 2.32. The lowest BCUT2D eigenvalue weighted by atomic mass is 9.93. The van der Waals surface area contributed by atoms with E-state index in [-0.39, 0.29) is 0 Å². The number of piperidine rings is 1. The van der Waals surface area contributed by atoms with Crippen molar-refractivity contribution in [1.82, 2.24) is 15.5 Å². The van der Waals surface area contributed by atoms with Crippen molar-refractivity contribution in [3.8, 4) is 0 Å². The molecule has 4 nitrogen and oxygen atoms in total. The molecule has 7 heteroatoms. The van der Waals surface area contributed by atoms with Crippen LogP contribution in [0.15, 0.2) is 4.99 Å². The molecule has 1 fully saturated rings. The predicted octanol–water partition coefficient (Wildman–Crippen LogP) is 3.64. The Morgan fingerprint density at radius 3 is 2.32 bits per heavy atom. The summed E-state index contributed by atoms with van der Waals surface area (Å²) in [5.41, 5.74) is 0. The predicted molar refractivity (Wildman–Crippen MR) is 97.9 cm³/mol. The highest BCUT2D eigenvalue weighted by molar-refractivity contribution is 5.79. The van der Waals surface area contributed by atoms with Crippen LogP contribution in [-0.4, -0.2) is 56.3 Å². The number of likely N-dealkylation sites (tertiary alicyclic amines) is 1. The molecule has 148 valence electrons. The normalized spacial score (nSPS) is 19.3. The van der Waals surface area contributed by atoms with Crippen LogP contribution in [0.25, 0.3) is 0 Å². The number of hydrogen-bond acceptors (Lipinski definition) is 2. The highest BCUT2D eigenvalue weighted by atomic mass is 19.4. The SMILES string of the molecule is CN=C(NCCC1CCN(CC(F)(F)F)CC1)NC(C)CCC(C)C. The summed E-state index contributed by atoms with van der Waals surface area (Å²) >= 11 is 0.